The Hall–Kier alpha value is -3.61. The summed E-state index contributed by atoms with van der Waals surface area (Å²) < 4.78 is 5.29. The standard InChI is InChI=1S/C29H23BrCl2N2O9/c1-43-20-8-12(2-7-18(20)35)22-14-5-6-16-21(17(14)10-28(31)26(41)33(11-30)27(42)29(22,28)32)24(38)34(23(16)37)13-3-4-15(25(39)40)19(36)9-13/h2-5,7-9,16-17,21-22,35-36H,6,10-11H2,1H3,(H,39,40)/t16-,17+,21-,22-,28+,29-/m0/s1. The molecule has 2 saturated heterocycles. The number of nitrogens with zero attached hydrogens (tertiary/aromatic N) is 2. The van der Waals surface area contributed by atoms with Crippen LogP contribution in [0, 0.1) is 17.8 Å². The summed E-state index contributed by atoms with van der Waals surface area (Å²) in [4.78, 5) is 64.4. The molecule has 0 spiro atoms. The van der Waals surface area contributed by atoms with Crippen LogP contribution in [0.3, 0.4) is 0 Å². The summed E-state index contributed by atoms with van der Waals surface area (Å²) in [7, 11) is 1.35. The number of imide groups is 2. The molecule has 0 radical (unpaired) electrons. The fraction of sp³-hybridized carbons (Fsp3) is 0.345. The smallest absolute Gasteiger partial charge is 0.339 e. The minimum Gasteiger partial charge on any atom is -0.507 e. The lowest BCUT2D eigenvalue weighted by atomic mass is 9.56. The number of allylic oxidation sites excluding steroid dienone is 2. The first-order chi connectivity index (χ1) is 20.3. The molecule has 3 N–H and O–H groups in total. The van der Waals surface area contributed by atoms with Crippen LogP contribution in [0.2, 0.25) is 0 Å². The van der Waals surface area contributed by atoms with Gasteiger partial charge in [-0.15, -0.1) is 23.2 Å². The third-order valence-electron chi connectivity index (χ3n) is 9.02. The summed E-state index contributed by atoms with van der Waals surface area (Å²) in [6.45, 7) is 0. The van der Waals surface area contributed by atoms with E-state index in [-0.39, 0.29) is 35.5 Å². The van der Waals surface area contributed by atoms with Crippen molar-refractivity contribution in [2.75, 3.05) is 17.5 Å². The number of hydrogen-bond donors (Lipinski definition) is 3. The molecule has 2 heterocycles. The second-order valence-electron chi connectivity index (χ2n) is 10.9. The molecule has 0 unspecified atom stereocenters. The first kappa shape index (κ1) is 29.5. The van der Waals surface area contributed by atoms with Gasteiger partial charge in [0.2, 0.25) is 11.8 Å². The molecule has 6 rings (SSSR count). The van der Waals surface area contributed by atoms with E-state index in [1.807, 2.05) is 0 Å². The molecule has 43 heavy (non-hydrogen) atoms. The van der Waals surface area contributed by atoms with Crippen LogP contribution in [-0.2, 0) is 19.2 Å². The van der Waals surface area contributed by atoms with E-state index < -0.39 is 74.3 Å². The average molecular weight is 694 g/mol. The van der Waals surface area contributed by atoms with E-state index in [0.29, 0.717) is 11.1 Å². The molecule has 2 aromatic rings. The SMILES string of the molecule is COc1cc([C@H]2C3=CC[C@@H]4C(=O)N(c5ccc(C(=O)O)c(O)c5)C(=O)[C@@H]4[C@@H]3C[C@@]3(Cl)C(=O)N(CBr)C(=O)[C@@]23Cl)ccc1O. The van der Waals surface area contributed by atoms with E-state index in [2.05, 4.69) is 15.9 Å². The summed E-state index contributed by atoms with van der Waals surface area (Å²) in [5.41, 5.74) is 0.381. The molecule has 6 atom stereocenters. The lowest BCUT2D eigenvalue weighted by molar-refractivity contribution is -0.138. The van der Waals surface area contributed by atoms with Crippen molar-refractivity contribution in [1.29, 1.82) is 0 Å². The van der Waals surface area contributed by atoms with Crippen molar-refractivity contribution in [3.63, 3.8) is 0 Å². The normalized spacial score (nSPS) is 31.5. The van der Waals surface area contributed by atoms with Crippen LogP contribution in [0.4, 0.5) is 5.69 Å². The van der Waals surface area contributed by atoms with E-state index in [4.69, 9.17) is 27.9 Å². The van der Waals surface area contributed by atoms with Crippen molar-refractivity contribution in [1.82, 2.24) is 4.90 Å². The summed E-state index contributed by atoms with van der Waals surface area (Å²) in [5.74, 6) is -8.41. The van der Waals surface area contributed by atoms with Gasteiger partial charge in [-0.1, -0.05) is 33.6 Å². The van der Waals surface area contributed by atoms with Crippen LogP contribution < -0.4 is 9.64 Å². The molecule has 2 aliphatic carbocycles. The van der Waals surface area contributed by atoms with Crippen LogP contribution in [0.1, 0.15) is 34.7 Å². The Morgan fingerprint density at radius 3 is 2.37 bits per heavy atom. The third kappa shape index (κ3) is 3.82. The number of benzene rings is 2. The molecule has 2 aromatic carbocycles. The van der Waals surface area contributed by atoms with Gasteiger partial charge in [0, 0.05) is 12.0 Å². The zero-order chi connectivity index (χ0) is 31.2. The summed E-state index contributed by atoms with van der Waals surface area (Å²) in [5, 5.41) is 29.8. The third-order valence-corrected chi connectivity index (χ3v) is 10.9. The molecule has 224 valence electrons. The van der Waals surface area contributed by atoms with E-state index in [1.165, 1.54) is 31.4 Å². The molecule has 11 nitrogen and oxygen atoms in total. The first-order valence-electron chi connectivity index (χ1n) is 13.1. The Bertz CT molecular complexity index is 1680. The van der Waals surface area contributed by atoms with Gasteiger partial charge >= 0.3 is 5.97 Å². The van der Waals surface area contributed by atoms with Crippen molar-refractivity contribution in [2.45, 2.75) is 28.5 Å². The Morgan fingerprint density at radius 2 is 1.74 bits per heavy atom. The lowest BCUT2D eigenvalue weighted by Gasteiger charge is -2.50. The molecule has 2 aliphatic heterocycles. The highest BCUT2D eigenvalue weighted by Gasteiger charge is 2.76. The van der Waals surface area contributed by atoms with E-state index in [1.54, 1.807) is 6.08 Å². The van der Waals surface area contributed by atoms with Gasteiger partial charge in [0.05, 0.1) is 30.1 Å². The monoisotopic (exact) mass is 692 g/mol. The van der Waals surface area contributed by atoms with Crippen LogP contribution in [0.15, 0.2) is 48.0 Å². The summed E-state index contributed by atoms with van der Waals surface area (Å²) in [6.07, 6.45) is 1.64. The zero-order valence-electron chi connectivity index (χ0n) is 22.3. The van der Waals surface area contributed by atoms with Crippen LogP contribution in [0.25, 0.3) is 0 Å². The summed E-state index contributed by atoms with van der Waals surface area (Å²) in [6, 6.07) is 7.79. The van der Waals surface area contributed by atoms with Gasteiger partial charge in [0.1, 0.15) is 11.3 Å². The number of phenolic OH excluding ortho intramolecular Hbond substituents is 1. The number of carboxylic acid groups (broad SMARTS) is 1. The molecule has 4 amide bonds. The van der Waals surface area contributed by atoms with Crippen molar-refractivity contribution in [3.05, 3.63) is 59.2 Å². The number of carbonyl (C=O) groups is 5. The van der Waals surface area contributed by atoms with Gasteiger partial charge in [0.15, 0.2) is 21.2 Å². The number of fused-ring (bicyclic) bond motifs is 4. The second-order valence-corrected chi connectivity index (χ2v) is 12.7. The summed E-state index contributed by atoms with van der Waals surface area (Å²) >= 11 is 17.5. The van der Waals surface area contributed by atoms with E-state index >= 15 is 0 Å². The molecule has 1 saturated carbocycles. The van der Waals surface area contributed by atoms with E-state index in [9.17, 15) is 39.3 Å². The highest BCUT2D eigenvalue weighted by molar-refractivity contribution is 9.09. The number of anilines is 1. The van der Waals surface area contributed by atoms with Gasteiger partial charge in [-0.25, -0.2) is 9.69 Å². The van der Waals surface area contributed by atoms with Crippen LogP contribution in [0.5, 0.6) is 17.2 Å². The fourth-order valence-electron chi connectivity index (χ4n) is 7.10. The fourth-order valence-corrected chi connectivity index (χ4v) is 8.52. The molecule has 4 aliphatic rings. The number of alkyl halides is 3. The highest BCUT2D eigenvalue weighted by Crippen LogP contribution is 2.65. The minimum absolute atomic E-state index is 0.00561. The number of phenols is 2. The van der Waals surface area contributed by atoms with Crippen LogP contribution in [-0.4, -0.2) is 72.1 Å². The van der Waals surface area contributed by atoms with E-state index in [0.717, 1.165) is 21.9 Å². The predicted octanol–water partition coefficient (Wildman–Crippen LogP) is 3.72. The van der Waals surface area contributed by atoms with Crippen molar-refractivity contribution in [2.24, 2.45) is 17.8 Å². The number of carboxylic acids is 1. The molecular formula is C29H23BrCl2N2O9. The van der Waals surface area contributed by atoms with Gasteiger partial charge in [0.25, 0.3) is 11.8 Å². The largest absolute Gasteiger partial charge is 0.507 e. The maximum absolute atomic E-state index is 14.0. The Labute approximate surface area is 262 Å². The number of aromatic carboxylic acids is 1. The number of likely N-dealkylation sites (tertiary alicyclic amines) is 1. The Kier molecular flexibility index (Phi) is 6.83. The number of ether oxygens (including phenoxy) is 1. The Morgan fingerprint density at radius 1 is 1.02 bits per heavy atom. The highest BCUT2D eigenvalue weighted by atomic mass is 79.9. The quantitative estimate of drug-likeness (QED) is 0.183. The second kappa shape index (κ2) is 9.96. The lowest BCUT2D eigenvalue weighted by Crippen LogP contribution is -2.60. The number of halogens is 3. The van der Waals surface area contributed by atoms with Gasteiger partial charge in [-0.05, 0) is 48.6 Å². The number of methoxy groups -OCH3 is 1. The molecular weight excluding hydrogens is 671 g/mol. The molecule has 3 fully saturated rings. The van der Waals surface area contributed by atoms with Crippen molar-refractivity contribution >= 4 is 74.4 Å². The predicted molar refractivity (Wildman–Crippen MR) is 156 cm³/mol. The van der Waals surface area contributed by atoms with Crippen molar-refractivity contribution in [3.8, 4) is 17.2 Å². The maximum atomic E-state index is 14.0. The minimum atomic E-state index is -2.01. The molecule has 0 bridgehead atoms. The number of rotatable bonds is 5. The van der Waals surface area contributed by atoms with Crippen LogP contribution >= 0.6 is 39.1 Å². The average Bonchev–Trinajstić information content (AvgIpc) is 3.30. The Balaban J connectivity index is 1.50. The number of hydrogen-bond acceptors (Lipinski definition) is 8. The number of carbonyl (C=O) groups excluding carboxylic acids is 4. The zero-order valence-corrected chi connectivity index (χ0v) is 25.4. The van der Waals surface area contributed by atoms with Crippen molar-refractivity contribution < 1.29 is 44.0 Å². The molecule has 0 aromatic heterocycles. The first-order valence-corrected chi connectivity index (χ1v) is 15.0. The van der Waals surface area contributed by atoms with Gasteiger partial charge < -0.3 is 20.1 Å². The number of amides is 4. The van der Waals surface area contributed by atoms with Gasteiger partial charge in [-0.2, -0.15) is 0 Å². The van der Waals surface area contributed by atoms with Gasteiger partial charge in [-0.3, -0.25) is 24.1 Å². The number of aromatic hydroxyl groups is 2. The topological polar surface area (TPSA) is 162 Å². The molecule has 14 heteroatoms. The maximum Gasteiger partial charge on any atom is 0.339 e.